The van der Waals surface area contributed by atoms with Crippen LogP contribution in [-0.4, -0.2) is 67.5 Å². The molecule has 2 rings (SSSR count). The van der Waals surface area contributed by atoms with Crippen LogP contribution in [0.5, 0.6) is 11.5 Å². The zero-order valence-electron chi connectivity index (χ0n) is 15.5. The summed E-state index contributed by atoms with van der Waals surface area (Å²) in [6.45, 7) is 8.38. The molecule has 0 amide bonds. The van der Waals surface area contributed by atoms with Crippen molar-refractivity contribution in [3.63, 3.8) is 0 Å². The Morgan fingerprint density at radius 2 is 1.92 bits per heavy atom. The van der Waals surface area contributed by atoms with E-state index >= 15 is 0 Å². The Kier molecular flexibility index (Phi) is 7.34. The predicted molar refractivity (Wildman–Crippen MR) is 96.8 cm³/mol. The van der Waals surface area contributed by atoms with Gasteiger partial charge in [-0.2, -0.15) is 0 Å². The van der Waals surface area contributed by atoms with Crippen molar-refractivity contribution in [2.45, 2.75) is 45.4 Å². The van der Waals surface area contributed by atoms with E-state index in [1.54, 1.807) is 7.11 Å². The summed E-state index contributed by atoms with van der Waals surface area (Å²) in [5, 5.41) is 10.1. The Bertz CT molecular complexity index is 501. The summed E-state index contributed by atoms with van der Waals surface area (Å²) in [5.41, 5.74) is 1.24. The molecule has 1 heterocycles. The summed E-state index contributed by atoms with van der Waals surface area (Å²) in [5.74, 6) is 1.42. The molecule has 1 aromatic rings. The molecule has 1 aliphatic heterocycles. The van der Waals surface area contributed by atoms with Gasteiger partial charge in [0.15, 0.2) is 11.5 Å². The van der Waals surface area contributed by atoms with Crippen LogP contribution in [0.2, 0.25) is 0 Å². The first-order valence-corrected chi connectivity index (χ1v) is 8.90. The molecule has 1 aliphatic rings. The number of hydrogen-bond donors (Lipinski definition) is 1. The van der Waals surface area contributed by atoms with E-state index in [9.17, 15) is 5.11 Å². The molecule has 1 unspecified atom stereocenters. The fourth-order valence-corrected chi connectivity index (χ4v) is 2.91. The van der Waals surface area contributed by atoms with Crippen LogP contribution < -0.4 is 9.47 Å². The minimum Gasteiger partial charge on any atom is -0.493 e. The molecular formula is C19H32N2O3. The monoisotopic (exact) mass is 336 g/mol. The Labute approximate surface area is 146 Å². The number of rotatable bonds is 9. The SMILES string of the molecule is COc1cc(CN2CCCC2)ccc1OCC(O)CN(C)C(C)C. The third-order valence-corrected chi connectivity index (χ3v) is 4.64. The van der Waals surface area contributed by atoms with Gasteiger partial charge in [-0.25, -0.2) is 0 Å². The van der Waals surface area contributed by atoms with Gasteiger partial charge in [0.25, 0.3) is 0 Å². The lowest BCUT2D eigenvalue weighted by Gasteiger charge is -2.24. The molecule has 0 bridgehead atoms. The summed E-state index contributed by atoms with van der Waals surface area (Å²) in [7, 11) is 3.66. The summed E-state index contributed by atoms with van der Waals surface area (Å²) < 4.78 is 11.2. The predicted octanol–water partition coefficient (Wildman–Crippen LogP) is 2.37. The second kappa shape index (κ2) is 9.25. The third-order valence-electron chi connectivity index (χ3n) is 4.64. The van der Waals surface area contributed by atoms with E-state index in [4.69, 9.17) is 9.47 Å². The van der Waals surface area contributed by atoms with E-state index in [-0.39, 0.29) is 6.61 Å². The first kappa shape index (κ1) is 19.0. The second-order valence-corrected chi connectivity index (χ2v) is 6.97. The van der Waals surface area contributed by atoms with Gasteiger partial charge in [0, 0.05) is 19.1 Å². The molecule has 1 aromatic carbocycles. The zero-order valence-corrected chi connectivity index (χ0v) is 15.5. The number of likely N-dealkylation sites (N-methyl/N-ethyl adjacent to an activating group) is 1. The fraction of sp³-hybridized carbons (Fsp3) is 0.684. The Morgan fingerprint density at radius 1 is 1.21 bits per heavy atom. The Morgan fingerprint density at radius 3 is 2.54 bits per heavy atom. The van der Waals surface area contributed by atoms with E-state index in [1.165, 1.54) is 31.5 Å². The van der Waals surface area contributed by atoms with E-state index in [0.29, 0.717) is 18.3 Å². The van der Waals surface area contributed by atoms with Gasteiger partial charge in [0.2, 0.25) is 0 Å². The van der Waals surface area contributed by atoms with Crippen LogP contribution in [0.15, 0.2) is 18.2 Å². The number of aliphatic hydroxyl groups excluding tert-OH is 1. The summed E-state index contributed by atoms with van der Waals surface area (Å²) in [6, 6.07) is 6.48. The molecule has 0 saturated carbocycles. The quantitative estimate of drug-likeness (QED) is 0.750. The number of likely N-dealkylation sites (tertiary alicyclic amines) is 1. The van der Waals surface area contributed by atoms with E-state index in [2.05, 4.69) is 29.7 Å². The standard InChI is InChI=1S/C19H32N2O3/c1-15(2)20(3)13-17(22)14-24-18-8-7-16(11-19(18)23-4)12-21-9-5-6-10-21/h7-8,11,15,17,22H,5-6,9-10,12-14H2,1-4H3. The fourth-order valence-electron chi connectivity index (χ4n) is 2.91. The molecule has 5 nitrogen and oxygen atoms in total. The van der Waals surface area contributed by atoms with Crippen LogP contribution in [0.1, 0.15) is 32.3 Å². The van der Waals surface area contributed by atoms with E-state index in [0.717, 1.165) is 12.3 Å². The minimum atomic E-state index is -0.522. The zero-order chi connectivity index (χ0) is 17.5. The van der Waals surface area contributed by atoms with Gasteiger partial charge in [-0.1, -0.05) is 6.07 Å². The molecule has 0 aliphatic carbocycles. The van der Waals surface area contributed by atoms with Crippen molar-refractivity contribution in [1.29, 1.82) is 0 Å². The molecule has 5 heteroatoms. The molecule has 1 N–H and O–H groups in total. The number of benzene rings is 1. The van der Waals surface area contributed by atoms with Crippen LogP contribution >= 0.6 is 0 Å². The summed E-state index contributed by atoms with van der Waals surface area (Å²) in [4.78, 5) is 4.56. The Hall–Kier alpha value is -1.30. The van der Waals surface area contributed by atoms with Crippen molar-refractivity contribution in [2.24, 2.45) is 0 Å². The van der Waals surface area contributed by atoms with Crippen molar-refractivity contribution in [3.05, 3.63) is 23.8 Å². The van der Waals surface area contributed by atoms with Gasteiger partial charge in [-0.05, 0) is 64.5 Å². The van der Waals surface area contributed by atoms with Crippen molar-refractivity contribution >= 4 is 0 Å². The highest BCUT2D eigenvalue weighted by Gasteiger charge is 2.15. The molecule has 0 spiro atoms. The minimum absolute atomic E-state index is 0.263. The smallest absolute Gasteiger partial charge is 0.161 e. The normalized spacial score (nSPS) is 16.8. The third kappa shape index (κ3) is 5.65. The number of nitrogens with zero attached hydrogens (tertiary/aromatic N) is 2. The molecule has 1 atom stereocenters. The van der Waals surface area contributed by atoms with Crippen molar-refractivity contribution in [1.82, 2.24) is 9.80 Å². The lowest BCUT2D eigenvalue weighted by atomic mass is 10.2. The van der Waals surface area contributed by atoms with Gasteiger partial charge < -0.3 is 19.5 Å². The highest BCUT2D eigenvalue weighted by atomic mass is 16.5. The number of hydrogen-bond acceptors (Lipinski definition) is 5. The van der Waals surface area contributed by atoms with Crippen molar-refractivity contribution in [3.8, 4) is 11.5 Å². The van der Waals surface area contributed by atoms with Gasteiger partial charge in [0.1, 0.15) is 12.7 Å². The largest absolute Gasteiger partial charge is 0.493 e. The van der Waals surface area contributed by atoms with E-state index < -0.39 is 6.10 Å². The lowest BCUT2D eigenvalue weighted by molar-refractivity contribution is 0.0668. The molecule has 136 valence electrons. The van der Waals surface area contributed by atoms with Crippen LogP contribution in [0, 0.1) is 0 Å². The molecular weight excluding hydrogens is 304 g/mol. The average Bonchev–Trinajstić information content (AvgIpc) is 3.06. The first-order chi connectivity index (χ1) is 11.5. The molecule has 1 fully saturated rings. The van der Waals surface area contributed by atoms with Gasteiger partial charge >= 0.3 is 0 Å². The van der Waals surface area contributed by atoms with Crippen LogP contribution in [0.4, 0.5) is 0 Å². The van der Waals surface area contributed by atoms with Gasteiger partial charge in [-0.15, -0.1) is 0 Å². The van der Waals surface area contributed by atoms with Crippen LogP contribution in [0.3, 0.4) is 0 Å². The highest BCUT2D eigenvalue weighted by Crippen LogP contribution is 2.29. The Balaban J connectivity index is 1.89. The van der Waals surface area contributed by atoms with Gasteiger partial charge in [-0.3, -0.25) is 4.90 Å². The van der Waals surface area contributed by atoms with Gasteiger partial charge in [0.05, 0.1) is 7.11 Å². The lowest BCUT2D eigenvalue weighted by Crippen LogP contribution is -2.36. The number of ether oxygens (including phenoxy) is 2. The topological polar surface area (TPSA) is 45.2 Å². The molecule has 0 aromatic heterocycles. The number of aliphatic hydroxyl groups is 1. The summed E-state index contributed by atoms with van der Waals surface area (Å²) >= 11 is 0. The van der Waals surface area contributed by atoms with E-state index in [1.807, 2.05) is 19.2 Å². The maximum absolute atomic E-state index is 10.1. The van der Waals surface area contributed by atoms with Crippen LogP contribution in [-0.2, 0) is 6.54 Å². The maximum atomic E-state index is 10.1. The molecule has 24 heavy (non-hydrogen) atoms. The van der Waals surface area contributed by atoms with Crippen LogP contribution in [0.25, 0.3) is 0 Å². The average molecular weight is 336 g/mol. The second-order valence-electron chi connectivity index (χ2n) is 6.97. The number of methoxy groups -OCH3 is 1. The summed E-state index contributed by atoms with van der Waals surface area (Å²) in [6.07, 6.45) is 2.06. The first-order valence-electron chi connectivity index (χ1n) is 8.90. The van der Waals surface area contributed by atoms with Crippen molar-refractivity contribution in [2.75, 3.05) is 40.4 Å². The van der Waals surface area contributed by atoms with Crippen molar-refractivity contribution < 1.29 is 14.6 Å². The maximum Gasteiger partial charge on any atom is 0.161 e. The molecule has 0 radical (unpaired) electrons. The molecule has 1 saturated heterocycles. The highest BCUT2D eigenvalue weighted by molar-refractivity contribution is 5.43.